The van der Waals surface area contributed by atoms with E-state index < -0.39 is 12.0 Å². The van der Waals surface area contributed by atoms with Gasteiger partial charge in [0.05, 0.1) is 13.1 Å². The fraction of sp³-hybridized carbons (Fsp3) is 0.350. The molecule has 4 N–H and O–H groups in total. The van der Waals surface area contributed by atoms with E-state index in [1.54, 1.807) is 23.9 Å². The van der Waals surface area contributed by atoms with Gasteiger partial charge in [-0.15, -0.1) is 0 Å². The van der Waals surface area contributed by atoms with Crippen LogP contribution in [0.4, 0.5) is 0 Å². The first-order valence-corrected chi connectivity index (χ1v) is 12.2. The average Bonchev–Trinajstić information content (AvgIpc) is 2.63. The Labute approximate surface area is 196 Å². The summed E-state index contributed by atoms with van der Waals surface area (Å²) in [5.74, 6) is 2.31. The van der Waals surface area contributed by atoms with Gasteiger partial charge in [-0.25, -0.2) is 0 Å². The van der Waals surface area contributed by atoms with Crippen LogP contribution in [0.2, 0.25) is 0 Å². The molecule has 0 heterocycles. The number of hydrogen-bond acceptors (Lipinski definition) is 5. The van der Waals surface area contributed by atoms with Gasteiger partial charge in [0, 0.05) is 17.7 Å². The number of quaternary nitrogens is 1. The van der Waals surface area contributed by atoms with Gasteiger partial charge in [-0.2, -0.15) is 11.8 Å². The third kappa shape index (κ3) is 6.96. The number of aromatic hydroxyl groups is 1. The van der Waals surface area contributed by atoms with Crippen molar-refractivity contribution in [1.29, 1.82) is 0 Å². The summed E-state index contributed by atoms with van der Waals surface area (Å²) in [6.45, 7) is 2.16. The molecule has 0 aliphatic carbocycles. The van der Waals surface area contributed by atoms with E-state index in [0.717, 1.165) is 42.6 Å². The zero-order valence-corrected chi connectivity index (χ0v) is 20.7. The lowest BCUT2D eigenvalue weighted by Crippen LogP contribution is -2.69. The van der Waals surface area contributed by atoms with Crippen LogP contribution < -0.4 is 15.6 Å². The van der Waals surface area contributed by atoms with E-state index >= 15 is 0 Å². The summed E-state index contributed by atoms with van der Waals surface area (Å²) < 4.78 is 7.86. The standard InChI is InChI=1S/C20H23I2NO4S/c1-2-3-6-28-11-13-10-14(4-5-18(13)24)27-19-15(21)7-12(8-16(19)22)9-17(23)20(25)26/h4-5,7-8,10,17,24H,2-3,6,9,11,23H2,1H3,(H,25,26). The summed E-state index contributed by atoms with van der Waals surface area (Å²) in [5, 5.41) is 21.0. The SMILES string of the molecule is CCCCSCc1cc(Oc2c(I)cc(CC([NH3+])C(=O)[O-])cc2I)ccc1O. The van der Waals surface area contributed by atoms with Crippen molar-refractivity contribution < 1.29 is 25.5 Å². The maximum Gasteiger partial charge on any atom is 0.154 e. The molecule has 0 aliphatic rings. The van der Waals surface area contributed by atoms with Crippen molar-refractivity contribution in [2.24, 2.45) is 0 Å². The van der Waals surface area contributed by atoms with E-state index in [9.17, 15) is 15.0 Å². The molecule has 1 unspecified atom stereocenters. The second-order valence-electron chi connectivity index (χ2n) is 6.41. The minimum Gasteiger partial charge on any atom is -0.544 e. The number of carbonyl (C=O) groups excluding carboxylic acids is 1. The van der Waals surface area contributed by atoms with Gasteiger partial charge in [0.2, 0.25) is 0 Å². The molecule has 2 aromatic rings. The molecule has 0 spiro atoms. The molecule has 8 heteroatoms. The first-order valence-electron chi connectivity index (χ1n) is 8.91. The lowest BCUT2D eigenvalue weighted by Gasteiger charge is -2.15. The average molecular weight is 627 g/mol. The third-order valence-electron chi connectivity index (χ3n) is 4.04. The molecule has 0 aromatic heterocycles. The molecule has 0 bridgehead atoms. The monoisotopic (exact) mass is 627 g/mol. The molecule has 5 nitrogen and oxygen atoms in total. The van der Waals surface area contributed by atoms with Crippen LogP contribution >= 0.6 is 56.9 Å². The second-order valence-corrected chi connectivity index (χ2v) is 9.84. The van der Waals surface area contributed by atoms with Crippen LogP contribution in [-0.2, 0) is 17.0 Å². The first kappa shape index (κ1) is 23.6. The van der Waals surface area contributed by atoms with Crippen LogP contribution in [0, 0.1) is 7.14 Å². The van der Waals surface area contributed by atoms with Crippen LogP contribution in [0.5, 0.6) is 17.2 Å². The molecule has 2 rings (SSSR count). The van der Waals surface area contributed by atoms with Gasteiger partial charge in [0.15, 0.2) is 5.75 Å². The molecule has 0 saturated carbocycles. The molecule has 2 aromatic carbocycles. The van der Waals surface area contributed by atoms with E-state index in [1.807, 2.05) is 18.2 Å². The van der Waals surface area contributed by atoms with Gasteiger partial charge >= 0.3 is 0 Å². The Morgan fingerprint density at radius 1 is 1.29 bits per heavy atom. The number of rotatable bonds is 10. The van der Waals surface area contributed by atoms with Gasteiger partial charge in [-0.3, -0.25) is 0 Å². The molecule has 1 atom stereocenters. The minimum absolute atomic E-state index is 0.278. The molecule has 0 aliphatic heterocycles. The summed E-state index contributed by atoms with van der Waals surface area (Å²) in [6, 6.07) is 8.30. The quantitative estimate of drug-likeness (QED) is 0.312. The number of thioether (sulfide) groups is 1. The predicted octanol–water partition coefficient (Wildman–Crippen LogP) is 3.33. The number of phenols is 1. The molecular weight excluding hydrogens is 604 g/mol. The van der Waals surface area contributed by atoms with E-state index in [0.29, 0.717) is 17.9 Å². The molecule has 0 amide bonds. The van der Waals surface area contributed by atoms with Gasteiger partial charge in [-0.05, 0) is 93.3 Å². The van der Waals surface area contributed by atoms with Crippen molar-refractivity contribution in [3.05, 3.63) is 48.6 Å². The Balaban J connectivity index is 2.15. The van der Waals surface area contributed by atoms with Crippen molar-refractivity contribution in [3.63, 3.8) is 0 Å². The molecule has 0 radical (unpaired) electrons. The number of benzene rings is 2. The number of carboxylic acids is 1. The predicted molar refractivity (Wildman–Crippen MR) is 127 cm³/mol. The number of aliphatic carboxylic acids is 1. The Kier molecular flexibility index (Phi) is 9.64. The van der Waals surface area contributed by atoms with Crippen molar-refractivity contribution >= 4 is 62.9 Å². The van der Waals surface area contributed by atoms with Crippen LogP contribution in [0.3, 0.4) is 0 Å². The summed E-state index contributed by atoms with van der Waals surface area (Å²) in [7, 11) is 0. The zero-order chi connectivity index (χ0) is 20.7. The third-order valence-corrected chi connectivity index (χ3v) is 6.74. The Hall–Kier alpha value is -0.720. The highest BCUT2D eigenvalue weighted by Gasteiger charge is 2.15. The molecular formula is C20H23I2NO4S. The number of halogens is 2. The van der Waals surface area contributed by atoms with E-state index in [1.165, 1.54) is 0 Å². The zero-order valence-electron chi connectivity index (χ0n) is 15.5. The van der Waals surface area contributed by atoms with E-state index in [2.05, 4.69) is 57.8 Å². The Morgan fingerprint density at radius 3 is 2.57 bits per heavy atom. The molecule has 0 saturated heterocycles. The van der Waals surface area contributed by atoms with Crippen LogP contribution in [0.15, 0.2) is 30.3 Å². The van der Waals surface area contributed by atoms with E-state index in [-0.39, 0.29) is 5.75 Å². The van der Waals surface area contributed by atoms with E-state index in [4.69, 9.17) is 4.74 Å². The lowest BCUT2D eigenvalue weighted by molar-refractivity contribution is -0.437. The fourth-order valence-corrected chi connectivity index (χ4v) is 5.69. The lowest BCUT2D eigenvalue weighted by atomic mass is 10.1. The molecule has 0 fully saturated rings. The number of unbranched alkanes of at least 4 members (excludes halogenated alkanes) is 1. The maximum atomic E-state index is 10.9. The summed E-state index contributed by atoms with van der Waals surface area (Å²) in [4.78, 5) is 10.9. The summed E-state index contributed by atoms with van der Waals surface area (Å²) >= 11 is 6.16. The number of carboxylic acid groups (broad SMARTS) is 1. The number of carbonyl (C=O) groups is 1. The van der Waals surface area contributed by atoms with Crippen LogP contribution in [0.25, 0.3) is 0 Å². The first-order chi connectivity index (χ1) is 13.3. The maximum absolute atomic E-state index is 10.9. The van der Waals surface area contributed by atoms with Crippen molar-refractivity contribution in [2.45, 2.75) is 38.0 Å². The summed E-state index contributed by atoms with van der Waals surface area (Å²) in [5.41, 5.74) is 5.35. The minimum atomic E-state index is -1.15. The van der Waals surface area contributed by atoms with Crippen LogP contribution in [0.1, 0.15) is 30.9 Å². The Bertz CT molecular complexity index is 809. The van der Waals surface area contributed by atoms with Crippen molar-refractivity contribution in [3.8, 4) is 17.2 Å². The van der Waals surface area contributed by atoms with Gasteiger partial charge in [-0.1, -0.05) is 13.3 Å². The number of ether oxygens (including phenoxy) is 1. The normalized spacial score (nSPS) is 12.0. The molecule has 28 heavy (non-hydrogen) atoms. The Morgan fingerprint density at radius 2 is 1.96 bits per heavy atom. The van der Waals surface area contributed by atoms with Crippen LogP contribution in [-0.4, -0.2) is 22.9 Å². The van der Waals surface area contributed by atoms with Crippen molar-refractivity contribution in [2.75, 3.05) is 5.75 Å². The van der Waals surface area contributed by atoms with Gasteiger partial charge in [0.25, 0.3) is 0 Å². The summed E-state index contributed by atoms with van der Waals surface area (Å²) in [6.07, 6.45) is 2.64. The van der Waals surface area contributed by atoms with Crippen molar-refractivity contribution in [1.82, 2.24) is 0 Å². The second kappa shape index (κ2) is 11.5. The highest BCUT2D eigenvalue weighted by Crippen LogP contribution is 2.35. The molecule has 152 valence electrons. The highest BCUT2D eigenvalue weighted by molar-refractivity contribution is 14.1. The van der Waals surface area contributed by atoms with Gasteiger partial charge in [0.1, 0.15) is 17.5 Å². The number of hydrogen-bond donors (Lipinski definition) is 2. The topological polar surface area (TPSA) is 97.2 Å². The number of phenolic OH excluding ortho intramolecular Hbond substituents is 1. The highest BCUT2D eigenvalue weighted by atomic mass is 127. The smallest absolute Gasteiger partial charge is 0.154 e. The van der Waals surface area contributed by atoms with Gasteiger partial charge < -0.3 is 25.5 Å². The fourth-order valence-electron chi connectivity index (χ4n) is 2.48. The largest absolute Gasteiger partial charge is 0.544 e.